The van der Waals surface area contributed by atoms with Crippen LogP contribution in [0.4, 0.5) is 0 Å². The highest BCUT2D eigenvalue weighted by molar-refractivity contribution is 5.89. The van der Waals surface area contributed by atoms with Crippen molar-refractivity contribution in [2.45, 2.75) is 32.7 Å². The molecule has 0 rings (SSSR count). The van der Waals surface area contributed by atoms with Crippen molar-refractivity contribution in [3.8, 4) is 0 Å². The van der Waals surface area contributed by atoms with Crippen molar-refractivity contribution >= 4 is 11.8 Å². The van der Waals surface area contributed by atoms with Gasteiger partial charge >= 0.3 is 5.97 Å². The zero-order valence-electron chi connectivity index (χ0n) is 7.41. The Balaban J connectivity index is 4.01. The molecule has 0 aromatic rings. The molecule has 0 fully saturated rings. The minimum atomic E-state index is -1.03. The summed E-state index contributed by atoms with van der Waals surface area (Å²) in [5.74, 6) is -1.33. The Kier molecular flexibility index (Phi) is 4.51. The smallest absolute Gasteiger partial charge is 0.305 e. The molecule has 0 aliphatic heterocycles. The first-order valence-electron chi connectivity index (χ1n) is 4.00. The third-order valence-electron chi connectivity index (χ3n) is 1.86. The SMILES string of the molecule is CCC(C)C(=O)[C@@H](N)CC(=O)O. The Morgan fingerprint density at radius 2 is 2.00 bits per heavy atom. The normalized spacial score (nSPS) is 15.2. The maximum absolute atomic E-state index is 11.2. The van der Waals surface area contributed by atoms with E-state index in [1.807, 2.05) is 6.92 Å². The number of carbonyl (C=O) groups excluding carboxylic acids is 1. The highest BCUT2D eigenvalue weighted by Gasteiger charge is 2.20. The van der Waals surface area contributed by atoms with Gasteiger partial charge < -0.3 is 10.8 Å². The number of carboxylic acids is 1. The van der Waals surface area contributed by atoms with E-state index >= 15 is 0 Å². The van der Waals surface area contributed by atoms with Crippen LogP contribution in [0.2, 0.25) is 0 Å². The molecular formula is C8H15NO3. The van der Waals surface area contributed by atoms with Gasteiger partial charge in [-0.15, -0.1) is 0 Å². The van der Waals surface area contributed by atoms with Gasteiger partial charge in [-0.25, -0.2) is 0 Å². The molecule has 0 aliphatic rings. The monoisotopic (exact) mass is 173 g/mol. The molecule has 0 aliphatic carbocycles. The number of hydrogen-bond donors (Lipinski definition) is 2. The van der Waals surface area contributed by atoms with Crippen LogP contribution in [0.15, 0.2) is 0 Å². The number of hydrogen-bond acceptors (Lipinski definition) is 3. The number of nitrogens with two attached hydrogens (primary N) is 1. The predicted octanol–water partition coefficient (Wildman–Crippen LogP) is 0.404. The van der Waals surface area contributed by atoms with Crippen LogP contribution in [-0.2, 0) is 9.59 Å². The lowest BCUT2D eigenvalue weighted by Gasteiger charge is -2.12. The van der Waals surface area contributed by atoms with Crippen molar-refractivity contribution in [2.24, 2.45) is 11.7 Å². The highest BCUT2D eigenvalue weighted by Crippen LogP contribution is 2.06. The van der Waals surface area contributed by atoms with Crippen LogP contribution < -0.4 is 5.73 Å². The largest absolute Gasteiger partial charge is 0.481 e. The third kappa shape index (κ3) is 3.48. The maximum atomic E-state index is 11.2. The topological polar surface area (TPSA) is 80.4 Å². The molecule has 0 aromatic heterocycles. The van der Waals surface area contributed by atoms with Gasteiger partial charge in [-0.05, 0) is 6.42 Å². The maximum Gasteiger partial charge on any atom is 0.305 e. The fraction of sp³-hybridized carbons (Fsp3) is 0.750. The van der Waals surface area contributed by atoms with E-state index in [1.165, 1.54) is 0 Å². The first kappa shape index (κ1) is 11.1. The standard InChI is InChI=1S/C8H15NO3/c1-3-5(2)8(12)6(9)4-7(10)11/h5-6H,3-4,9H2,1-2H3,(H,10,11)/t5?,6-/m0/s1. The van der Waals surface area contributed by atoms with Crippen LogP contribution in [0.1, 0.15) is 26.7 Å². The van der Waals surface area contributed by atoms with E-state index in [1.54, 1.807) is 6.92 Å². The molecule has 0 radical (unpaired) electrons. The Morgan fingerprint density at radius 3 is 2.33 bits per heavy atom. The second-order valence-electron chi connectivity index (χ2n) is 2.92. The molecule has 0 amide bonds. The second-order valence-corrected chi connectivity index (χ2v) is 2.92. The molecular weight excluding hydrogens is 158 g/mol. The molecule has 0 heterocycles. The summed E-state index contributed by atoms with van der Waals surface area (Å²) in [5, 5.41) is 8.36. The highest BCUT2D eigenvalue weighted by atomic mass is 16.4. The zero-order valence-corrected chi connectivity index (χ0v) is 7.41. The molecule has 70 valence electrons. The van der Waals surface area contributed by atoms with Crippen LogP contribution >= 0.6 is 0 Å². The van der Waals surface area contributed by atoms with Gasteiger partial charge in [0.1, 0.15) is 0 Å². The summed E-state index contributed by atoms with van der Waals surface area (Å²) in [6.07, 6.45) is 0.426. The van der Waals surface area contributed by atoms with Crippen molar-refractivity contribution < 1.29 is 14.7 Å². The molecule has 12 heavy (non-hydrogen) atoms. The van der Waals surface area contributed by atoms with E-state index in [0.717, 1.165) is 0 Å². The summed E-state index contributed by atoms with van der Waals surface area (Å²) in [4.78, 5) is 21.4. The van der Waals surface area contributed by atoms with E-state index in [-0.39, 0.29) is 18.1 Å². The van der Waals surface area contributed by atoms with Crippen molar-refractivity contribution in [3.05, 3.63) is 0 Å². The lowest BCUT2D eigenvalue weighted by molar-refractivity contribution is -0.139. The van der Waals surface area contributed by atoms with Gasteiger partial charge in [0, 0.05) is 5.92 Å². The van der Waals surface area contributed by atoms with Gasteiger partial charge in [-0.2, -0.15) is 0 Å². The number of aliphatic carboxylic acids is 1. The number of carboxylic acid groups (broad SMARTS) is 1. The second kappa shape index (κ2) is 4.87. The van der Waals surface area contributed by atoms with Crippen LogP contribution in [0.3, 0.4) is 0 Å². The van der Waals surface area contributed by atoms with Gasteiger partial charge in [0.2, 0.25) is 0 Å². The van der Waals surface area contributed by atoms with E-state index in [4.69, 9.17) is 10.8 Å². The quantitative estimate of drug-likeness (QED) is 0.630. The average molecular weight is 173 g/mol. The zero-order chi connectivity index (χ0) is 9.72. The fourth-order valence-corrected chi connectivity index (χ4v) is 0.855. The lowest BCUT2D eigenvalue weighted by atomic mass is 9.96. The minimum absolute atomic E-state index is 0.139. The van der Waals surface area contributed by atoms with Crippen LogP contribution in [0.25, 0.3) is 0 Å². The molecule has 0 saturated heterocycles. The number of carbonyl (C=O) groups is 2. The first-order valence-corrected chi connectivity index (χ1v) is 4.00. The number of rotatable bonds is 5. The van der Waals surface area contributed by atoms with Crippen LogP contribution in [-0.4, -0.2) is 22.9 Å². The summed E-state index contributed by atoms with van der Waals surface area (Å²) in [6, 6.07) is -0.850. The Morgan fingerprint density at radius 1 is 1.50 bits per heavy atom. The fourth-order valence-electron chi connectivity index (χ4n) is 0.855. The van der Waals surface area contributed by atoms with E-state index in [0.29, 0.717) is 6.42 Å². The molecule has 0 aromatic carbocycles. The molecule has 3 N–H and O–H groups in total. The van der Waals surface area contributed by atoms with E-state index in [2.05, 4.69) is 0 Å². The summed E-state index contributed by atoms with van der Waals surface area (Å²) >= 11 is 0. The molecule has 4 heteroatoms. The Bertz CT molecular complexity index is 179. The van der Waals surface area contributed by atoms with Crippen molar-refractivity contribution in [1.29, 1.82) is 0 Å². The van der Waals surface area contributed by atoms with Crippen LogP contribution in [0.5, 0.6) is 0 Å². The van der Waals surface area contributed by atoms with E-state index < -0.39 is 12.0 Å². The van der Waals surface area contributed by atoms with Crippen molar-refractivity contribution in [2.75, 3.05) is 0 Å². The van der Waals surface area contributed by atoms with Crippen molar-refractivity contribution in [1.82, 2.24) is 0 Å². The average Bonchev–Trinajstić information content (AvgIpc) is 2.00. The third-order valence-corrected chi connectivity index (χ3v) is 1.86. The lowest BCUT2D eigenvalue weighted by Crippen LogP contribution is -2.36. The summed E-state index contributed by atoms with van der Waals surface area (Å²) in [6.45, 7) is 3.63. The summed E-state index contributed by atoms with van der Waals surface area (Å²) < 4.78 is 0. The predicted molar refractivity (Wildman–Crippen MR) is 44.7 cm³/mol. The molecule has 2 atom stereocenters. The molecule has 0 bridgehead atoms. The van der Waals surface area contributed by atoms with E-state index in [9.17, 15) is 9.59 Å². The van der Waals surface area contributed by atoms with Gasteiger partial charge in [0.15, 0.2) is 5.78 Å². The number of Topliss-reactive ketones (excluding diaryl/α,β-unsaturated/α-hetero) is 1. The van der Waals surface area contributed by atoms with Crippen LogP contribution in [0, 0.1) is 5.92 Å². The van der Waals surface area contributed by atoms with Gasteiger partial charge in [0.05, 0.1) is 12.5 Å². The summed E-state index contributed by atoms with van der Waals surface area (Å²) in [7, 11) is 0. The van der Waals surface area contributed by atoms with Crippen molar-refractivity contribution in [3.63, 3.8) is 0 Å². The Hall–Kier alpha value is -0.900. The first-order chi connectivity index (χ1) is 5.49. The number of ketones is 1. The van der Waals surface area contributed by atoms with Gasteiger partial charge in [-0.1, -0.05) is 13.8 Å². The molecule has 0 spiro atoms. The van der Waals surface area contributed by atoms with Gasteiger partial charge in [-0.3, -0.25) is 9.59 Å². The Labute approximate surface area is 71.8 Å². The molecule has 0 saturated carbocycles. The molecule has 4 nitrogen and oxygen atoms in total. The summed E-state index contributed by atoms with van der Waals surface area (Å²) in [5.41, 5.74) is 5.36. The van der Waals surface area contributed by atoms with Gasteiger partial charge in [0.25, 0.3) is 0 Å². The minimum Gasteiger partial charge on any atom is -0.481 e. The molecule has 1 unspecified atom stereocenters.